The van der Waals surface area contributed by atoms with E-state index < -0.39 is 24.7 Å². The van der Waals surface area contributed by atoms with Gasteiger partial charge in [0.1, 0.15) is 11.6 Å². The summed E-state index contributed by atoms with van der Waals surface area (Å²) in [6.45, 7) is -0.688. The van der Waals surface area contributed by atoms with Crippen LogP contribution in [0.1, 0.15) is 10.4 Å². The van der Waals surface area contributed by atoms with Crippen molar-refractivity contribution < 1.29 is 18.0 Å². The SMILES string of the molecule is CN(CC(F)F)C(=O)c1ccc2nc(-c3cccnc3)nc(Nc3ccc(F)c(Cl)c3)c2c1. The highest BCUT2D eigenvalue weighted by Crippen LogP contribution is 2.29. The Labute approximate surface area is 192 Å². The Hall–Kier alpha value is -3.72. The molecule has 0 spiro atoms. The fraction of sp³-hybridized carbons (Fsp3) is 0.130. The number of alkyl halides is 2. The normalized spacial score (nSPS) is 11.1. The molecule has 0 fully saturated rings. The van der Waals surface area contributed by atoms with Gasteiger partial charge in [-0.3, -0.25) is 9.78 Å². The minimum Gasteiger partial charge on any atom is -0.340 e. The number of pyridine rings is 1. The van der Waals surface area contributed by atoms with Gasteiger partial charge in [0.05, 0.1) is 17.1 Å². The van der Waals surface area contributed by atoms with E-state index in [-0.39, 0.29) is 10.6 Å². The number of hydrogen-bond donors (Lipinski definition) is 1. The molecule has 33 heavy (non-hydrogen) atoms. The predicted octanol–water partition coefficient (Wildman–Crippen LogP) is 5.57. The van der Waals surface area contributed by atoms with Gasteiger partial charge in [0.15, 0.2) is 5.82 Å². The molecular formula is C23H17ClF3N5O. The summed E-state index contributed by atoms with van der Waals surface area (Å²) in [5, 5.41) is 3.48. The summed E-state index contributed by atoms with van der Waals surface area (Å²) in [5.41, 5.74) is 1.83. The molecule has 0 aliphatic carbocycles. The summed E-state index contributed by atoms with van der Waals surface area (Å²) in [5.74, 6) is -0.432. The van der Waals surface area contributed by atoms with Crippen LogP contribution in [-0.4, -0.2) is 45.8 Å². The minimum atomic E-state index is -2.65. The average molecular weight is 472 g/mol. The van der Waals surface area contributed by atoms with E-state index in [9.17, 15) is 18.0 Å². The van der Waals surface area contributed by atoms with Crippen LogP contribution < -0.4 is 5.32 Å². The largest absolute Gasteiger partial charge is 0.340 e. The number of nitrogens with one attached hydrogen (secondary N) is 1. The molecule has 1 N–H and O–H groups in total. The molecule has 0 radical (unpaired) electrons. The Bertz CT molecular complexity index is 1320. The average Bonchev–Trinajstić information content (AvgIpc) is 2.80. The van der Waals surface area contributed by atoms with Crippen molar-refractivity contribution in [1.29, 1.82) is 0 Å². The van der Waals surface area contributed by atoms with Gasteiger partial charge >= 0.3 is 0 Å². The molecule has 168 valence electrons. The monoisotopic (exact) mass is 471 g/mol. The molecular weight excluding hydrogens is 455 g/mol. The van der Waals surface area contributed by atoms with Crippen molar-refractivity contribution in [2.75, 3.05) is 18.9 Å². The molecule has 0 unspecified atom stereocenters. The zero-order valence-corrected chi connectivity index (χ0v) is 18.0. The van der Waals surface area contributed by atoms with Crippen molar-refractivity contribution in [2.45, 2.75) is 6.43 Å². The lowest BCUT2D eigenvalue weighted by Crippen LogP contribution is -2.31. The Morgan fingerprint density at radius 2 is 1.97 bits per heavy atom. The van der Waals surface area contributed by atoms with E-state index in [4.69, 9.17) is 11.6 Å². The van der Waals surface area contributed by atoms with Gasteiger partial charge in [-0.15, -0.1) is 0 Å². The van der Waals surface area contributed by atoms with Crippen LogP contribution in [0.25, 0.3) is 22.3 Å². The first-order valence-electron chi connectivity index (χ1n) is 9.79. The number of anilines is 2. The van der Waals surface area contributed by atoms with Gasteiger partial charge in [-0.05, 0) is 48.5 Å². The van der Waals surface area contributed by atoms with Crippen molar-refractivity contribution in [2.24, 2.45) is 0 Å². The Morgan fingerprint density at radius 3 is 2.67 bits per heavy atom. The van der Waals surface area contributed by atoms with Crippen molar-refractivity contribution in [1.82, 2.24) is 19.9 Å². The van der Waals surface area contributed by atoms with Crippen LogP contribution in [0.3, 0.4) is 0 Å². The number of rotatable bonds is 6. The Kier molecular flexibility index (Phi) is 6.41. The van der Waals surface area contributed by atoms with Gasteiger partial charge in [-0.1, -0.05) is 11.6 Å². The number of fused-ring (bicyclic) bond motifs is 1. The van der Waals surface area contributed by atoms with Crippen molar-refractivity contribution in [3.05, 3.63) is 77.3 Å². The molecule has 0 aliphatic heterocycles. The second-order valence-corrected chi connectivity index (χ2v) is 7.61. The topological polar surface area (TPSA) is 71.0 Å². The summed E-state index contributed by atoms with van der Waals surface area (Å²) in [7, 11) is 1.31. The fourth-order valence-electron chi connectivity index (χ4n) is 3.20. The van der Waals surface area contributed by atoms with Crippen LogP contribution in [0.5, 0.6) is 0 Å². The van der Waals surface area contributed by atoms with Gasteiger partial charge < -0.3 is 10.2 Å². The highest BCUT2D eigenvalue weighted by atomic mass is 35.5. The van der Waals surface area contributed by atoms with E-state index >= 15 is 0 Å². The Balaban J connectivity index is 1.82. The number of aromatic nitrogens is 3. The van der Waals surface area contributed by atoms with Gasteiger partial charge in [0, 0.05) is 41.6 Å². The molecule has 0 atom stereocenters. The van der Waals surface area contributed by atoms with Crippen LogP contribution in [0, 0.1) is 5.82 Å². The maximum absolute atomic E-state index is 13.6. The molecule has 4 aromatic rings. The molecule has 0 saturated carbocycles. The maximum atomic E-state index is 13.6. The van der Waals surface area contributed by atoms with Gasteiger partial charge in [0.2, 0.25) is 0 Å². The molecule has 0 bridgehead atoms. The smallest absolute Gasteiger partial charge is 0.255 e. The zero-order chi connectivity index (χ0) is 23.5. The van der Waals surface area contributed by atoms with Crippen LogP contribution in [-0.2, 0) is 0 Å². The summed E-state index contributed by atoms with van der Waals surface area (Å²) in [6.07, 6.45) is 0.583. The van der Waals surface area contributed by atoms with Crippen LogP contribution in [0.2, 0.25) is 5.02 Å². The lowest BCUT2D eigenvalue weighted by molar-refractivity contribution is 0.0620. The van der Waals surface area contributed by atoms with Gasteiger partial charge in [-0.25, -0.2) is 23.1 Å². The molecule has 1 amide bonds. The van der Waals surface area contributed by atoms with Crippen molar-refractivity contribution >= 4 is 39.9 Å². The van der Waals surface area contributed by atoms with Crippen molar-refractivity contribution in [3.8, 4) is 11.4 Å². The lowest BCUT2D eigenvalue weighted by Gasteiger charge is -2.17. The van der Waals surface area contributed by atoms with E-state index in [0.717, 1.165) is 4.90 Å². The summed E-state index contributed by atoms with van der Waals surface area (Å²) in [4.78, 5) is 26.8. The number of amides is 1. The van der Waals surface area contributed by atoms with E-state index in [1.54, 1.807) is 30.6 Å². The van der Waals surface area contributed by atoms with E-state index in [2.05, 4.69) is 20.3 Å². The first-order valence-corrected chi connectivity index (χ1v) is 10.2. The van der Waals surface area contributed by atoms with Crippen LogP contribution >= 0.6 is 11.6 Å². The standard InChI is InChI=1S/C23H17ClF3N5O/c1-32(12-20(26)27)23(33)13-4-7-19-16(9-13)22(29-15-5-6-18(25)17(24)10-15)31-21(30-19)14-3-2-8-28-11-14/h2-11,20H,12H2,1H3,(H,29,30,31). The third-order valence-corrected chi connectivity index (χ3v) is 5.09. The molecule has 6 nitrogen and oxygen atoms in total. The third kappa shape index (κ3) is 5.04. The number of carbonyl (C=O) groups excluding carboxylic acids is 1. The van der Waals surface area contributed by atoms with Crippen LogP contribution in [0.4, 0.5) is 24.7 Å². The number of nitrogens with zero attached hydrogens (tertiary/aromatic N) is 4. The van der Waals surface area contributed by atoms with Crippen LogP contribution in [0.15, 0.2) is 60.9 Å². The highest BCUT2D eigenvalue weighted by Gasteiger charge is 2.18. The first-order chi connectivity index (χ1) is 15.8. The van der Waals surface area contributed by atoms with Gasteiger partial charge in [0.25, 0.3) is 12.3 Å². The lowest BCUT2D eigenvalue weighted by atomic mass is 10.1. The second-order valence-electron chi connectivity index (χ2n) is 7.20. The molecule has 0 saturated heterocycles. The molecule has 0 aliphatic rings. The summed E-state index contributed by atoms with van der Waals surface area (Å²) >= 11 is 5.90. The molecule has 2 aromatic carbocycles. The third-order valence-electron chi connectivity index (χ3n) is 4.80. The maximum Gasteiger partial charge on any atom is 0.255 e. The number of hydrogen-bond acceptors (Lipinski definition) is 5. The first kappa shape index (κ1) is 22.5. The predicted molar refractivity (Wildman–Crippen MR) is 120 cm³/mol. The highest BCUT2D eigenvalue weighted by molar-refractivity contribution is 6.31. The van der Waals surface area contributed by atoms with E-state index in [1.165, 1.54) is 37.4 Å². The van der Waals surface area contributed by atoms with E-state index in [1.807, 2.05) is 0 Å². The molecule has 2 aromatic heterocycles. The number of benzene rings is 2. The fourth-order valence-corrected chi connectivity index (χ4v) is 3.38. The summed E-state index contributed by atoms with van der Waals surface area (Å²) in [6, 6.07) is 12.3. The quantitative estimate of drug-likeness (QED) is 0.398. The van der Waals surface area contributed by atoms with Gasteiger partial charge in [-0.2, -0.15) is 0 Å². The minimum absolute atomic E-state index is 0.0738. The Morgan fingerprint density at radius 1 is 1.15 bits per heavy atom. The van der Waals surface area contributed by atoms with Crippen molar-refractivity contribution in [3.63, 3.8) is 0 Å². The number of carbonyl (C=O) groups is 1. The van der Waals surface area contributed by atoms with E-state index in [0.29, 0.717) is 33.8 Å². The zero-order valence-electron chi connectivity index (χ0n) is 17.3. The second kappa shape index (κ2) is 9.41. The summed E-state index contributed by atoms with van der Waals surface area (Å²) < 4.78 is 39.0. The molecule has 4 rings (SSSR count). The molecule has 10 heteroatoms. The number of halogens is 4. The molecule has 2 heterocycles.